The number of benzene rings is 3. The van der Waals surface area contributed by atoms with Gasteiger partial charge in [0.1, 0.15) is 5.71 Å². The summed E-state index contributed by atoms with van der Waals surface area (Å²) in [5.41, 5.74) is 3.88. The molecule has 1 heterocycles. The summed E-state index contributed by atoms with van der Waals surface area (Å²) in [5, 5.41) is 5.06. The van der Waals surface area contributed by atoms with Crippen molar-refractivity contribution < 1.29 is 19.2 Å². The molecule has 36 heavy (non-hydrogen) atoms. The highest BCUT2D eigenvalue weighted by atomic mass is 35.5. The number of aliphatic imine (C=N–C) groups is 1. The van der Waals surface area contributed by atoms with E-state index in [2.05, 4.69) is 15.9 Å². The fraction of sp³-hybridized carbons (Fsp3) is 0.0769. The zero-order valence-electron chi connectivity index (χ0n) is 18.8. The molecule has 3 aromatic rings. The van der Waals surface area contributed by atoms with Gasteiger partial charge in [0.2, 0.25) is 0 Å². The van der Waals surface area contributed by atoms with E-state index in [9.17, 15) is 14.4 Å². The Morgan fingerprint density at radius 1 is 1.00 bits per heavy atom. The Hall–Kier alpha value is -3.98. The topological polar surface area (TPSA) is 100 Å². The standard InChI is InChI=1S/C26H20Cl2N4O4/c27-19-12-11-17(21(28)15-19)13-14-29-25(34)22(30-24(33)18-7-3-1-4-8-18)16-23-26(35)36-31-32(23)20-9-5-2-6-10-20/h1-12,15-16,31H,13-14H2,(H,29,34)/b23-16+,30-22?. The molecule has 0 saturated carbocycles. The van der Waals surface area contributed by atoms with Gasteiger partial charge < -0.3 is 10.2 Å². The molecular weight excluding hydrogens is 503 g/mol. The Bertz CT molecular complexity index is 1340. The highest BCUT2D eigenvalue weighted by Gasteiger charge is 2.30. The van der Waals surface area contributed by atoms with Gasteiger partial charge in [0, 0.05) is 28.2 Å². The second-order valence-corrected chi connectivity index (χ2v) is 8.43. The summed E-state index contributed by atoms with van der Waals surface area (Å²) in [6.45, 7) is 0.201. The van der Waals surface area contributed by atoms with Crippen molar-refractivity contribution in [2.45, 2.75) is 6.42 Å². The van der Waals surface area contributed by atoms with Gasteiger partial charge in [-0.2, -0.15) is 0 Å². The Morgan fingerprint density at radius 3 is 2.39 bits per heavy atom. The molecule has 0 atom stereocenters. The van der Waals surface area contributed by atoms with Crippen LogP contribution >= 0.6 is 23.2 Å². The van der Waals surface area contributed by atoms with Gasteiger partial charge >= 0.3 is 5.97 Å². The molecule has 0 spiro atoms. The third-order valence-electron chi connectivity index (χ3n) is 5.14. The molecule has 0 radical (unpaired) electrons. The minimum absolute atomic E-state index is 0.0169. The van der Waals surface area contributed by atoms with Gasteiger partial charge in [0.05, 0.1) is 5.69 Å². The van der Waals surface area contributed by atoms with E-state index in [-0.39, 0.29) is 18.0 Å². The molecule has 2 amide bonds. The lowest BCUT2D eigenvalue weighted by molar-refractivity contribution is -0.140. The Balaban J connectivity index is 1.60. The fourth-order valence-electron chi connectivity index (χ4n) is 3.33. The molecule has 10 heteroatoms. The van der Waals surface area contributed by atoms with Crippen LogP contribution in [0.2, 0.25) is 10.0 Å². The summed E-state index contributed by atoms with van der Waals surface area (Å²) in [7, 11) is 0. The number of rotatable bonds is 7. The normalized spacial score (nSPS) is 14.6. The predicted molar refractivity (Wildman–Crippen MR) is 138 cm³/mol. The third kappa shape index (κ3) is 6.17. The van der Waals surface area contributed by atoms with Crippen molar-refractivity contribution in [3.8, 4) is 0 Å². The molecule has 4 rings (SSSR count). The number of amides is 2. The second kappa shape index (κ2) is 11.6. The zero-order valence-corrected chi connectivity index (χ0v) is 20.3. The summed E-state index contributed by atoms with van der Waals surface area (Å²) in [5.74, 6) is -2.02. The number of carbonyl (C=O) groups is 3. The lowest BCUT2D eigenvalue weighted by Crippen LogP contribution is -2.34. The molecule has 1 saturated heterocycles. The molecule has 0 bridgehead atoms. The number of nitrogens with zero attached hydrogens (tertiary/aromatic N) is 2. The van der Waals surface area contributed by atoms with E-state index in [1.54, 1.807) is 72.8 Å². The van der Waals surface area contributed by atoms with Crippen molar-refractivity contribution in [1.29, 1.82) is 0 Å². The molecule has 0 unspecified atom stereocenters. The van der Waals surface area contributed by atoms with Crippen LogP contribution in [0.25, 0.3) is 0 Å². The van der Waals surface area contributed by atoms with Crippen molar-refractivity contribution >= 4 is 52.4 Å². The van der Waals surface area contributed by atoms with Crippen molar-refractivity contribution in [2.24, 2.45) is 4.99 Å². The Labute approximate surface area is 217 Å². The molecule has 1 fully saturated rings. The van der Waals surface area contributed by atoms with E-state index in [0.29, 0.717) is 27.7 Å². The molecular formula is C26H20Cl2N4O4. The van der Waals surface area contributed by atoms with Crippen molar-refractivity contribution in [2.75, 3.05) is 11.6 Å². The minimum Gasteiger partial charge on any atom is -0.350 e. The largest absolute Gasteiger partial charge is 0.376 e. The van der Waals surface area contributed by atoms with E-state index in [4.69, 9.17) is 28.0 Å². The molecule has 0 aromatic heterocycles. The lowest BCUT2D eigenvalue weighted by atomic mass is 10.1. The number of hydrazine groups is 1. The first-order valence-corrected chi connectivity index (χ1v) is 11.6. The van der Waals surface area contributed by atoms with Crippen LogP contribution in [0.15, 0.2) is 95.6 Å². The second-order valence-electron chi connectivity index (χ2n) is 7.59. The van der Waals surface area contributed by atoms with Gasteiger partial charge in [-0.25, -0.2) is 14.8 Å². The maximum Gasteiger partial charge on any atom is 0.376 e. The van der Waals surface area contributed by atoms with E-state index in [0.717, 1.165) is 5.56 Å². The maximum atomic E-state index is 13.1. The van der Waals surface area contributed by atoms with Crippen LogP contribution in [0, 0.1) is 0 Å². The molecule has 1 aliphatic rings. The number of nitrogens with one attached hydrogen (secondary N) is 2. The molecule has 182 valence electrons. The van der Waals surface area contributed by atoms with Crippen LogP contribution in [-0.2, 0) is 20.8 Å². The molecule has 1 aliphatic heterocycles. The molecule has 2 N–H and O–H groups in total. The van der Waals surface area contributed by atoms with Crippen molar-refractivity contribution in [3.05, 3.63) is 112 Å². The van der Waals surface area contributed by atoms with Crippen LogP contribution in [-0.4, -0.2) is 30.0 Å². The lowest BCUT2D eigenvalue weighted by Gasteiger charge is -2.15. The number of halogens is 2. The van der Waals surface area contributed by atoms with Gasteiger partial charge in [-0.05, 0) is 48.4 Å². The molecule has 3 aromatic carbocycles. The number of para-hydroxylation sites is 1. The molecule has 8 nitrogen and oxygen atoms in total. The van der Waals surface area contributed by atoms with E-state index in [1.807, 2.05) is 6.07 Å². The summed E-state index contributed by atoms with van der Waals surface area (Å²) in [4.78, 5) is 47.3. The first-order valence-electron chi connectivity index (χ1n) is 10.9. The van der Waals surface area contributed by atoms with E-state index in [1.165, 1.54) is 11.1 Å². The number of anilines is 1. The third-order valence-corrected chi connectivity index (χ3v) is 5.72. The van der Waals surface area contributed by atoms with Gasteiger partial charge in [-0.15, -0.1) is 0 Å². The Kier molecular flexibility index (Phi) is 8.12. The van der Waals surface area contributed by atoms with E-state index < -0.39 is 17.8 Å². The monoisotopic (exact) mass is 522 g/mol. The number of hydrogen-bond acceptors (Lipinski definition) is 6. The van der Waals surface area contributed by atoms with Gasteiger partial charge in [-0.3, -0.25) is 9.59 Å². The Morgan fingerprint density at radius 2 is 1.69 bits per heavy atom. The highest BCUT2D eigenvalue weighted by Crippen LogP contribution is 2.22. The first-order chi connectivity index (χ1) is 17.4. The number of hydrogen-bond donors (Lipinski definition) is 2. The van der Waals surface area contributed by atoms with E-state index >= 15 is 0 Å². The average Bonchev–Trinajstić information content (AvgIpc) is 3.25. The first kappa shape index (κ1) is 25.1. The molecule has 0 aliphatic carbocycles. The summed E-state index contributed by atoms with van der Waals surface area (Å²) in [6.07, 6.45) is 1.62. The van der Waals surface area contributed by atoms with Crippen molar-refractivity contribution in [3.63, 3.8) is 0 Å². The van der Waals surface area contributed by atoms with Crippen molar-refractivity contribution in [1.82, 2.24) is 10.9 Å². The average molecular weight is 523 g/mol. The van der Waals surface area contributed by atoms with Gasteiger partial charge in [0.25, 0.3) is 11.8 Å². The summed E-state index contributed by atoms with van der Waals surface area (Å²) >= 11 is 12.1. The van der Waals surface area contributed by atoms with Crippen LogP contribution < -0.4 is 15.9 Å². The van der Waals surface area contributed by atoms with Crippen LogP contribution in [0.5, 0.6) is 0 Å². The maximum absolute atomic E-state index is 13.1. The zero-order chi connectivity index (χ0) is 25.5. The predicted octanol–water partition coefficient (Wildman–Crippen LogP) is 4.30. The summed E-state index contributed by atoms with van der Waals surface area (Å²) < 4.78 is 0. The van der Waals surface area contributed by atoms with Gasteiger partial charge in [0.15, 0.2) is 5.70 Å². The quantitative estimate of drug-likeness (QED) is 0.354. The van der Waals surface area contributed by atoms with Crippen LogP contribution in [0.1, 0.15) is 15.9 Å². The summed E-state index contributed by atoms with van der Waals surface area (Å²) in [6, 6.07) is 22.2. The van der Waals surface area contributed by atoms with Gasteiger partial charge in [-0.1, -0.05) is 71.3 Å². The minimum atomic E-state index is -0.737. The SMILES string of the molecule is O=C(NCCc1ccc(Cl)cc1Cl)C(/C=C1\C(=O)ONN1c1ccccc1)=NC(=O)c1ccccc1. The fourth-order valence-corrected chi connectivity index (χ4v) is 3.83. The highest BCUT2D eigenvalue weighted by molar-refractivity contribution is 6.45. The van der Waals surface area contributed by atoms with Crippen LogP contribution in [0.3, 0.4) is 0 Å². The number of carbonyl (C=O) groups excluding carboxylic acids is 3. The smallest absolute Gasteiger partial charge is 0.350 e. The van der Waals surface area contributed by atoms with Crippen LogP contribution in [0.4, 0.5) is 5.69 Å².